The average Bonchev–Trinajstić information content (AvgIpc) is 3.64. The highest BCUT2D eigenvalue weighted by atomic mass is 16.7. The van der Waals surface area contributed by atoms with E-state index in [4.69, 9.17) is 33.2 Å². The highest BCUT2D eigenvalue weighted by Gasteiger charge is 2.49. The van der Waals surface area contributed by atoms with Crippen LogP contribution in [0.2, 0.25) is 0 Å². The van der Waals surface area contributed by atoms with Gasteiger partial charge in [0, 0.05) is 11.8 Å². The molecule has 0 N–H and O–H groups in total. The molecule has 4 atom stereocenters. The zero-order chi connectivity index (χ0) is 25.3. The molecule has 7 rings (SSSR count). The summed E-state index contributed by atoms with van der Waals surface area (Å²) in [5, 5.41) is 0. The minimum atomic E-state index is -0.751. The number of ether oxygens (including phenoxy) is 7. The van der Waals surface area contributed by atoms with Crippen LogP contribution in [0.3, 0.4) is 0 Å². The summed E-state index contributed by atoms with van der Waals surface area (Å²) in [5.74, 6) is 1.54. The Hall–Kier alpha value is -4.08. The second kappa shape index (κ2) is 8.22. The zero-order valence-corrected chi connectivity index (χ0v) is 20.4. The minimum absolute atomic E-state index is 0.0621. The Morgan fingerprint density at radius 1 is 0.973 bits per heavy atom. The molecule has 1 saturated heterocycles. The van der Waals surface area contributed by atoms with Gasteiger partial charge in [-0.2, -0.15) is 0 Å². The molecule has 0 bridgehead atoms. The molecule has 10 heteroatoms. The number of amides is 1. The molecular weight excluding hydrogens is 482 g/mol. The highest BCUT2D eigenvalue weighted by Crippen LogP contribution is 2.53. The van der Waals surface area contributed by atoms with E-state index in [0.29, 0.717) is 35.8 Å². The molecule has 1 fully saturated rings. The van der Waals surface area contributed by atoms with Crippen molar-refractivity contribution in [3.8, 4) is 34.1 Å². The second-order valence-electron chi connectivity index (χ2n) is 9.63. The SMILES string of the molecule is CC[C@@H]1COC(=O)N1[C@@H]1OC(C(=O)OC)=C[C@@H]2c3cc4c(cc3-c3cc5c(cc3C[C@H]21)OCO5)OCO4. The fourth-order valence-corrected chi connectivity index (χ4v) is 5.97. The van der Waals surface area contributed by atoms with Crippen LogP contribution in [0.1, 0.15) is 30.4 Å². The molecule has 2 aromatic rings. The average molecular weight is 507 g/mol. The normalized spacial score (nSPS) is 26.3. The van der Waals surface area contributed by atoms with Gasteiger partial charge in [-0.3, -0.25) is 4.90 Å². The minimum Gasteiger partial charge on any atom is -0.463 e. The Balaban J connectivity index is 1.45. The Morgan fingerprint density at radius 3 is 2.35 bits per heavy atom. The van der Waals surface area contributed by atoms with Crippen molar-refractivity contribution in [2.75, 3.05) is 27.3 Å². The van der Waals surface area contributed by atoms with Gasteiger partial charge in [0.2, 0.25) is 19.3 Å². The van der Waals surface area contributed by atoms with Crippen molar-refractivity contribution in [1.29, 1.82) is 0 Å². The number of allylic oxidation sites excluding steroid dienone is 1. The molecular formula is C27H25NO9. The smallest absolute Gasteiger partial charge is 0.413 e. The maximum Gasteiger partial charge on any atom is 0.413 e. The van der Waals surface area contributed by atoms with Crippen molar-refractivity contribution in [2.24, 2.45) is 5.92 Å². The summed E-state index contributed by atoms with van der Waals surface area (Å²) < 4.78 is 39.5. The van der Waals surface area contributed by atoms with Gasteiger partial charge in [0.25, 0.3) is 0 Å². The predicted octanol–water partition coefficient (Wildman–Crippen LogP) is 3.71. The number of benzene rings is 2. The molecule has 0 radical (unpaired) electrons. The molecule has 2 aromatic carbocycles. The van der Waals surface area contributed by atoms with E-state index in [-0.39, 0.29) is 43.8 Å². The van der Waals surface area contributed by atoms with Crippen molar-refractivity contribution >= 4 is 12.1 Å². The first kappa shape index (κ1) is 22.1. The first-order valence-corrected chi connectivity index (χ1v) is 12.3. The maximum absolute atomic E-state index is 13.0. The third-order valence-electron chi connectivity index (χ3n) is 7.79. The van der Waals surface area contributed by atoms with E-state index < -0.39 is 18.3 Å². The molecule has 0 saturated carbocycles. The van der Waals surface area contributed by atoms with Crippen molar-refractivity contribution in [3.05, 3.63) is 47.2 Å². The van der Waals surface area contributed by atoms with Crippen LogP contribution >= 0.6 is 0 Å². The summed E-state index contributed by atoms with van der Waals surface area (Å²) in [7, 11) is 1.31. The number of carbonyl (C=O) groups excluding carboxylic acids is 2. The molecule has 37 heavy (non-hydrogen) atoms. The van der Waals surface area contributed by atoms with Crippen LogP contribution in [0.15, 0.2) is 36.1 Å². The molecule has 4 heterocycles. The molecule has 5 aliphatic rings. The summed E-state index contributed by atoms with van der Waals surface area (Å²) in [5.41, 5.74) is 3.85. The number of carbonyl (C=O) groups is 2. The van der Waals surface area contributed by atoms with Gasteiger partial charge < -0.3 is 33.2 Å². The molecule has 10 nitrogen and oxygen atoms in total. The first-order chi connectivity index (χ1) is 18.1. The largest absolute Gasteiger partial charge is 0.463 e. The zero-order valence-electron chi connectivity index (χ0n) is 20.4. The fourth-order valence-electron chi connectivity index (χ4n) is 5.97. The maximum atomic E-state index is 13.0. The van der Waals surface area contributed by atoms with Gasteiger partial charge in [0.1, 0.15) is 6.61 Å². The lowest BCUT2D eigenvalue weighted by Crippen LogP contribution is -2.51. The van der Waals surface area contributed by atoms with Gasteiger partial charge in [-0.25, -0.2) is 9.59 Å². The van der Waals surface area contributed by atoms with Gasteiger partial charge in [0.15, 0.2) is 29.2 Å². The Labute approximate surface area is 212 Å². The summed E-state index contributed by atoms with van der Waals surface area (Å²) >= 11 is 0. The standard InChI is InChI=1S/C27H25NO9/c1-3-14-10-32-27(30)28(14)25-19-4-13-5-20-21(34-11-33-20)6-15(13)16-7-22-23(36-12-35-22)8-17(16)18(19)9-24(37-25)26(29)31-2/h5-9,14,18-19,25H,3-4,10-12H2,1-2H3/t14-,18-,19-,25-/m1/s1. The van der Waals surface area contributed by atoms with Crippen LogP contribution in [-0.2, 0) is 25.4 Å². The molecule has 192 valence electrons. The van der Waals surface area contributed by atoms with Crippen LogP contribution in [0.4, 0.5) is 4.79 Å². The van der Waals surface area contributed by atoms with Gasteiger partial charge in [-0.05, 0) is 65.4 Å². The number of nitrogens with zero attached hydrogens (tertiary/aromatic N) is 1. The second-order valence-corrected chi connectivity index (χ2v) is 9.63. The molecule has 1 aliphatic carbocycles. The van der Waals surface area contributed by atoms with Crippen LogP contribution in [0.25, 0.3) is 11.1 Å². The highest BCUT2D eigenvalue weighted by molar-refractivity contribution is 5.87. The molecule has 0 aromatic heterocycles. The van der Waals surface area contributed by atoms with Gasteiger partial charge in [-0.1, -0.05) is 6.92 Å². The summed E-state index contributed by atoms with van der Waals surface area (Å²) in [6.07, 6.45) is 1.82. The van der Waals surface area contributed by atoms with Crippen molar-refractivity contribution < 1.29 is 42.7 Å². The topological polar surface area (TPSA) is 102 Å². The number of methoxy groups -OCH3 is 1. The molecule has 4 aliphatic heterocycles. The lowest BCUT2D eigenvalue weighted by atomic mass is 9.79. The lowest BCUT2D eigenvalue weighted by molar-refractivity contribution is -0.147. The van der Waals surface area contributed by atoms with E-state index in [9.17, 15) is 9.59 Å². The molecule has 0 unspecified atom stereocenters. The van der Waals surface area contributed by atoms with Crippen molar-refractivity contribution in [2.45, 2.75) is 38.0 Å². The van der Waals surface area contributed by atoms with Crippen LogP contribution in [0, 0.1) is 5.92 Å². The van der Waals surface area contributed by atoms with E-state index in [2.05, 4.69) is 0 Å². The number of hydrogen-bond donors (Lipinski definition) is 0. The van der Waals surface area contributed by atoms with Crippen LogP contribution in [-0.4, -0.2) is 56.5 Å². The molecule has 0 spiro atoms. The van der Waals surface area contributed by atoms with E-state index in [1.165, 1.54) is 7.11 Å². The number of cyclic esters (lactones) is 1. The monoisotopic (exact) mass is 507 g/mol. The third-order valence-corrected chi connectivity index (χ3v) is 7.79. The lowest BCUT2D eigenvalue weighted by Gasteiger charge is -2.41. The number of hydrogen-bond acceptors (Lipinski definition) is 9. The van der Waals surface area contributed by atoms with Crippen LogP contribution in [0.5, 0.6) is 23.0 Å². The van der Waals surface area contributed by atoms with Gasteiger partial charge in [0.05, 0.1) is 13.2 Å². The predicted molar refractivity (Wildman–Crippen MR) is 126 cm³/mol. The fraction of sp³-hybridized carbons (Fsp3) is 0.407. The van der Waals surface area contributed by atoms with E-state index in [0.717, 1.165) is 22.3 Å². The van der Waals surface area contributed by atoms with Crippen molar-refractivity contribution in [1.82, 2.24) is 4.90 Å². The quantitative estimate of drug-likeness (QED) is 0.576. The van der Waals surface area contributed by atoms with E-state index in [1.54, 1.807) is 11.0 Å². The Bertz CT molecular complexity index is 1350. The number of fused-ring (bicyclic) bond motifs is 7. The van der Waals surface area contributed by atoms with Crippen LogP contribution < -0.4 is 18.9 Å². The first-order valence-electron chi connectivity index (χ1n) is 12.3. The number of esters is 1. The Morgan fingerprint density at radius 2 is 1.65 bits per heavy atom. The Kier molecular flexibility index (Phi) is 4.92. The summed E-state index contributed by atoms with van der Waals surface area (Å²) in [6, 6.07) is 7.73. The van der Waals surface area contributed by atoms with Crippen molar-refractivity contribution in [3.63, 3.8) is 0 Å². The van der Waals surface area contributed by atoms with E-state index in [1.807, 2.05) is 31.2 Å². The number of rotatable bonds is 3. The third kappa shape index (κ3) is 3.31. The van der Waals surface area contributed by atoms with Gasteiger partial charge >= 0.3 is 12.1 Å². The van der Waals surface area contributed by atoms with E-state index >= 15 is 0 Å². The summed E-state index contributed by atoms with van der Waals surface area (Å²) in [6.45, 7) is 2.56. The molecule has 1 amide bonds. The van der Waals surface area contributed by atoms with Gasteiger partial charge in [-0.15, -0.1) is 0 Å². The summed E-state index contributed by atoms with van der Waals surface area (Å²) in [4.78, 5) is 27.3.